The minimum Gasteiger partial charge on any atom is -0.491 e. The van der Waals surface area contributed by atoms with Gasteiger partial charge < -0.3 is 29.9 Å². The Balaban J connectivity index is 1.88. The number of fused-ring (bicyclic) bond motifs is 1. The number of nitrogens with one attached hydrogen (secondary N) is 2. The molecule has 0 aliphatic carbocycles. The van der Waals surface area contributed by atoms with Gasteiger partial charge in [0.15, 0.2) is 0 Å². The van der Waals surface area contributed by atoms with Crippen LogP contribution in [0.1, 0.15) is 37.6 Å². The van der Waals surface area contributed by atoms with Crippen molar-refractivity contribution < 1.29 is 23.9 Å². The van der Waals surface area contributed by atoms with Gasteiger partial charge >= 0.3 is 6.03 Å². The largest absolute Gasteiger partial charge is 0.491 e. The average molecular weight is 531 g/mol. The van der Waals surface area contributed by atoms with Crippen molar-refractivity contribution in [3.05, 3.63) is 53.1 Å². The van der Waals surface area contributed by atoms with Gasteiger partial charge in [-0.05, 0) is 49.4 Å². The monoisotopic (exact) mass is 530 g/mol. The van der Waals surface area contributed by atoms with Crippen molar-refractivity contribution in [2.24, 2.45) is 5.92 Å². The Morgan fingerprint density at radius 2 is 1.73 bits per heavy atom. The smallest absolute Gasteiger partial charge is 0.323 e. The zero-order valence-electron chi connectivity index (χ0n) is 21.9. The summed E-state index contributed by atoms with van der Waals surface area (Å²) in [6.07, 6.45) is 0.111. The quantitative estimate of drug-likeness (QED) is 0.595. The van der Waals surface area contributed by atoms with Gasteiger partial charge in [0.25, 0.3) is 5.91 Å². The number of ether oxygens (including phenoxy) is 2. The lowest BCUT2D eigenvalue weighted by atomic mass is 10.0. The Morgan fingerprint density at radius 3 is 2.38 bits per heavy atom. The number of nitrogens with zero attached hydrogens (tertiary/aromatic N) is 2. The van der Waals surface area contributed by atoms with Crippen LogP contribution in [0.5, 0.6) is 5.75 Å². The number of likely N-dealkylation sites (N-methyl/N-ethyl adjacent to an activating group) is 1. The molecule has 0 spiro atoms. The Morgan fingerprint density at radius 1 is 1.08 bits per heavy atom. The highest BCUT2D eigenvalue weighted by Gasteiger charge is 2.30. The molecule has 2 aromatic carbocycles. The number of hydrogen-bond acceptors (Lipinski definition) is 5. The summed E-state index contributed by atoms with van der Waals surface area (Å²) in [7, 11) is 3.31. The second-order valence-corrected chi connectivity index (χ2v) is 9.73. The lowest BCUT2D eigenvalue weighted by Gasteiger charge is -2.36. The minimum atomic E-state index is -0.465. The molecule has 2 aromatic rings. The third-order valence-electron chi connectivity index (χ3n) is 6.43. The van der Waals surface area contributed by atoms with E-state index in [-0.39, 0.29) is 36.5 Å². The number of rotatable bonds is 4. The first-order valence-electron chi connectivity index (χ1n) is 12.3. The number of carbonyl (C=O) groups is 3. The summed E-state index contributed by atoms with van der Waals surface area (Å²) < 4.78 is 11.8. The van der Waals surface area contributed by atoms with Crippen molar-refractivity contribution in [3.63, 3.8) is 0 Å². The van der Waals surface area contributed by atoms with Gasteiger partial charge in [0.05, 0.1) is 17.7 Å². The van der Waals surface area contributed by atoms with E-state index in [4.69, 9.17) is 21.1 Å². The van der Waals surface area contributed by atoms with Crippen LogP contribution in [0.25, 0.3) is 0 Å². The Kier molecular flexibility index (Phi) is 9.77. The fourth-order valence-electron chi connectivity index (χ4n) is 4.23. The van der Waals surface area contributed by atoms with Crippen molar-refractivity contribution in [1.29, 1.82) is 0 Å². The number of anilines is 2. The lowest BCUT2D eigenvalue weighted by Crippen LogP contribution is -2.48. The lowest BCUT2D eigenvalue weighted by molar-refractivity contribution is -0.135. The van der Waals surface area contributed by atoms with Gasteiger partial charge in [-0.2, -0.15) is 0 Å². The Bertz CT molecular complexity index is 1110. The fourth-order valence-corrected chi connectivity index (χ4v) is 4.36. The maximum absolute atomic E-state index is 13.5. The first-order valence-corrected chi connectivity index (χ1v) is 12.7. The first kappa shape index (κ1) is 28.3. The van der Waals surface area contributed by atoms with Crippen molar-refractivity contribution in [3.8, 4) is 5.75 Å². The number of hydrogen-bond donors (Lipinski definition) is 2. The molecule has 0 saturated heterocycles. The van der Waals surface area contributed by atoms with Crippen LogP contribution < -0.4 is 15.4 Å². The molecule has 37 heavy (non-hydrogen) atoms. The average Bonchev–Trinajstić information content (AvgIpc) is 2.88. The normalized spacial score (nSPS) is 20.7. The minimum absolute atomic E-state index is 0.0124. The molecular weight excluding hydrogens is 496 g/mol. The third kappa shape index (κ3) is 7.36. The van der Waals surface area contributed by atoms with Crippen LogP contribution in [0, 0.1) is 5.92 Å². The number of amides is 4. The van der Waals surface area contributed by atoms with E-state index in [0.29, 0.717) is 47.2 Å². The van der Waals surface area contributed by atoms with Crippen molar-refractivity contribution >= 4 is 40.8 Å². The highest BCUT2D eigenvalue weighted by Crippen LogP contribution is 2.27. The van der Waals surface area contributed by atoms with Gasteiger partial charge in [0, 0.05) is 56.0 Å². The predicted molar refractivity (Wildman–Crippen MR) is 144 cm³/mol. The summed E-state index contributed by atoms with van der Waals surface area (Å²) in [6, 6.07) is 11.0. The molecule has 3 atom stereocenters. The summed E-state index contributed by atoms with van der Waals surface area (Å²) in [5.41, 5.74) is 1.30. The third-order valence-corrected chi connectivity index (χ3v) is 6.68. The van der Waals surface area contributed by atoms with E-state index >= 15 is 0 Å². The molecule has 0 bridgehead atoms. The molecule has 0 radical (unpaired) electrons. The van der Waals surface area contributed by atoms with Crippen molar-refractivity contribution in [2.75, 3.05) is 44.5 Å². The van der Waals surface area contributed by atoms with Gasteiger partial charge in [0.2, 0.25) is 5.91 Å². The van der Waals surface area contributed by atoms with Crippen molar-refractivity contribution in [1.82, 2.24) is 9.80 Å². The molecule has 9 nitrogen and oxygen atoms in total. The number of benzene rings is 2. The van der Waals surface area contributed by atoms with E-state index in [1.165, 1.54) is 0 Å². The highest BCUT2D eigenvalue weighted by atomic mass is 35.5. The van der Waals surface area contributed by atoms with Gasteiger partial charge in [-0.15, -0.1) is 0 Å². The highest BCUT2D eigenvalue weighted by molar-refractivity contribution is 6.30. The fraction of sp³-hybridized carbons (Fsp3) is 0.444. The second-order valence-electron chi connectivity index (χ2n) is 9.29. The van der Waals surface area contributed by atoms with Gasteiger partial charge in [-0.3, -0.25) is 9.59 Å². The van der Waals surface area contributed by atoms with Crippen LogP contribution in [0.2, 0.25) is 5.02 Å². The molecule has 2 N–H and O–H groups in total. The van der Waals surface area contributed by atoms with E-state index in [9.17, 15) is 14.4 Å². The topological polar surface area (TPSA) is 100 Å². The van der Waals surface area contributed by atoms with Crippen LogP contribution in [-0.4, -0.2) is 73.6 Å². The number of urea groups is 1. The van der Waals surface area contributed by atoms with Crippen LogP contribution in [0.15, 0.2) is 42.5 Å². The zero-order valence-corrected chi connectivity index (χ0v) is 22.7. The number of carbonyl (C=O) groups excluding carboxylic acids is 3. The molecule has 1 aliphatic heterocycles. The number of methoxy groups -OCH3 is 1. The Labute approximate surface area is 223 Å². The Hall–Kier alpha value is -3.30. The van der Waals surface area contributed by atoms with Gasteiger partial charge in [0.1, 0.15) is 12.4 Å². The second kappa shape index (κ2) is 12.8. The van der Waals surface area contributed by atoms with E-state index in [0.717, 1.165) is 0 Å². The summed E-state index contributed by atoms with van der Waals surface area (Å²) in [6.45, 7) is 6.81. The molecule has 0 saturated carbocycles. The SMILES string of the molecule is CCC(=O)N1C[C@@H](C)[C@H](OC)CN(C)C(=O)c2cc(NC(=O)Nc3ccc(Cl)cc3)ccc2OC[C@@H]1C. The molecule has 4 amide bonds. The molecule has 3 rings (SSSR count). The van der Waals surface area contributed by atoms with E-state index in [2.05, 4.69) is 10.6 Å². The van der Waals surface area contributed by atoms with E-state index in [1.54, 1.807) is 61.5 Å². The molecular formula is C27H35ClN4O5. The number of halogens is 1. The maximum atomic E-state index is 13.5. The van der Waals surface area contributed by atoms with Crippen LogP contribution >= 0.6 is 11.6 Å². The van der Waals surface area contributed by atoms with E-state index < -0.39 is 6.03 Å². The van der Waals surface area contributed by atoms with Gasteiger partial charge in [-0.25, -0.2) is 4.79 Å². The van der Waals surface area contributed by atoms with E-state index in [1.807, 2.05) is 25.7 Å². The predicted octanol–water partition coefficient (Wildman–Crippen LogP) is 4.73. The first-order chi connectivity index (χ1) is 17.6. The standard InChI is InChI=1S/C27H35ClN4O5/c1-6-25(33)32-14-17(2)24(36-5)15-31(4)26(34)22-13-21(11-12-23(22)37-16-18(32)3)30-27(35)29-20-9-7-19(28)8-10-20/h7-13,17-18,24H,6,14-16H2,1-5H3,(H2,29,30,35)/t17-,18+,24-/m1/s1. The molecule has 10 heteroatoms. The molecule has 200 valence electrons. The summed E-state index contributed by atoms with van der Waals surface area (Å²) in [5, 5.41) is 6.05. The molecule has 1 heterocycles. The van der Waals surface area contributed by atoms with Crippen LogP contribution in [0.3, 0.4) is 0 Å². The molecule has 0 aromatic heterocycles. The molecule has 1 aliphatic rings. The summed E-state index contributed by atoms with van der Waals surface area (Å²) in [4.78, 5) is 42.1. The van der Waals surface area contributed by atoms with Crippen LogP contribution in [0.4, 0.5) is 16.2 Å². The molecule has 0 unspecified atom stereocenters. The zero-order chi connectivity index (χ0) is 27.1. The summed E-state index contributed by atoms with van der Waals surface area (Å²) >= 11 is 5.90. The molecule has 0 fully saturated rings. The van der Waals surface area contributed by atoms with Crippen molar-refractivity contribution in [2.45, 2.75) is 39.3 Å². The van der Waals surface area contributed by atoms with Gasteiger partial charge in [-0.1, -0.05) is 25.4 Å². The summed E-state index contributed by atoms with van der Waals surface area (Å²) in [5.74, 6) is 0.131. The maximum Gasteiger partial charge on any atom is 0.323 e. The van der Waals surface area contributed by atoms with Crippen LogP contribution in [-0.2, 0) is 9.53 Å².